The van der Waals surface area contributed by atoms with Gasteiger partial charge in [-0.15, -0.1) is 0 Å². The molecule has 1 heterocycles. The van der Waals surface area contributed by atoms with Gasteiger partial charge in [0.1, 0.15) is 11.6 Å². The number of hydrogen-bond acceptors (Lipinski definition) is 6. The number of hydrogen-bond donors (Lipinski definition) is 1. The van der Waals surface area contributed by atoms with Crippen LogP contribution in [-0.2, 0) is 0 Å². The number of rotatable bonds is 4. The first-order chi connectivity index (χ1) is 12.0. The molecule has 3 rings (SSSR count). The number of methoxy groups -OCH3 is 1. The summed E-state index contributed by atoms with van der Waals surface area (Å²) in [5, 5.41) is 13.3. The van der Waals surface area contributed by atoms with Gasteiger partial charge in [0.25, 0.3) is 10.9 Å². The Morgan fingerprint density at radius 3 is 2.68 bits per heavy atom. The number of benzene rings is 2. The monoisotopic (exact) mass is 355 g/mol. The minimum atomic E-state index is -0.459. The molecule has 2 aromatic carbocycles. The van der Waals surface area contributed by atoms with Crippen LogP contribution in [0.1, 0.15) is 5.56 Å². The van der Waals surface area contributed by atoms with Gasteiger partial charge in [-0.1, -0.05) is 12.1 Å². The molecule has 0 saturated carbocycles. The molecule has 7 nitrogen and oxygen atoms in total. The summed E-state index contributed by atoms with van der Waals surface area (Å²) < 4.78 is 5.10. The smallest absolute Gasteiger partial charge is 0.289 e. The van der Waals surface area contributed by atoms with Gasteiger partial charge in [0.05, 0.1) is 22.6 Å². The van der Waals surface area contributed by atoms with E-state index < -0.39 is 4.92 Å². The van der Waals surface area contributed by atoms with E-state index in [-0.39, 0.29) is 10.9 Å². The van der Waals surface area contributed by atoms with Crippen LogP contribution in [0, 0.1) is 10.1 Å². The fraction of sp³-hybridized carbons (Fsp3) is 0.0588. The molecule has 0 radical (unpaired) electrons. The summed E-state index contributed by atoms with van der Waals surface area (Å²) in [7, 11) is 1.58. The average Bonchev–Trinajstić information content (AvgIpc) is 2.94. The van der Waals surface area contributed by atoms with Crippen LogP contribution in [0.3, 0.4) is 0 Å². The van der Waals surface area contributed by atoms with E-state index in [9.17, 15) is 14.9 Å². The van der Waals surface area contributed by atoms with E-state index in [1.807, 2.05) is 0 Å². The van der Waals surface area contributed by atoms with Gasteiger partial charge in [-0.25, -0.2) is 4.99 Å². The first-order valence-corrected chi connectivity index (χ1v) is 8.05. The Hall–Kier alpha value is -3.13. The number of nitro benzene ring substituents is 1. The number of thioether (sulfide) groups is 1. The first kappa shape index (κ1) is 16.7. The molecular weight excluding hydrogens is 342 g/mol. The van der Waals surface area contributed by atoms with Crippen molar-refractivity contribution in [1.29, 1.82) is 0 Å². The van der Waals surface area contributed by atoms with E-state index in [0.29, 0.717) is 27.7 Å². The largest absolute Gasteiger partial charge is 0.497 e. The number of nitrogens with zero attached hydrogens (tertiary/aromatic N) is 2. The van der Waals surface area contributed by atoms with Crippen LogP contribution in [0.25, 0.3) is 6.08 Å². The highest BCUT2D eigenvalue weighted by Crippen LogP contribution is 2.29. The lowest BCUT2D eigenvalue weighted by atomic mass is 10.2. The maximum absolute atomic E-state index is 11.7. The normalized spacial score (nSPS) is 16.9. The van der Waals surface area contributed by atoms with E-state index in [4.69, 9.17) is 4.74 Å². The van der Waals surface area contributed by atoms with Crippen LogP contribution < -0.4 is 10.1 Å². The molecule has 126 valence electrons. The van der Waals surface area contributed by atoms with Crippen molar-refractivity contribution >= 4 is 40.3 Å². The summed E-state index contributed by atoms with van der Waals surface area (Å²) in [6.07, 6.45) is 1.69. The van der Waals surface area contributed by atoms with Crippen LogP contribution in [0.4, 0.5) is 16.2 Å². The van der Waals surface area contributed by atoms with Gasteiger partial charge in [0.2, 0.25) is 0 Å². The van der Waals surface area contributed by atoms with Crippen LogP contribution in [0.15, 0.2) is 58.4 Å². The summed E-state index contributed by atoms with van der Waals surface area (Å²) in [5.41, 5.74) is 1.27. The molecule has 0 bridgehead atoms. The summed E-state index contributed by atoms with van der Waals surface area (Å²) in [6, 6.07) is 13.3. The Morgan fingerprint density at radius 1 is 1.24 bits per heavy atom. The molecule has 0 spiro atoms. The molecule has 0 aliphatic carbocycles. The lowest BCUT2D eigenvalue weighted by Gasteiger charge is -2.02. The van der Waals surface area contributed by atoms with Gasteiger partial charge in [-0.3, -0.25) is 14.9 Å². The predicted octanol–water partition coefficient (Wildman–Crippen LogP) is 4.13. The Kier molecular flexibility index (Phi) is 4.80. The Morgan fingerprint density at radius 2 is 2.00 bits per heavy atom. The molecular formula is C17H13N3O4S. The summed E-state index contributed by atoms with van der Waals surface area (Å²) in [5.74, 6) is 1.12. The predicted molar refractivity (Wildman–Crippen MR) is 97.3 cm³/mol. The zero-order valence-corrected chi connectivity index (χ0v) is 13.9. The minimum absolute atomic E-state index is 0.00900. The van der Waals surface area contributed by atoms with E-state index in [0.717, 1.165) is 11.8 Å². The van der Waals surface area contributed by atoms with Crippen molar-refractivity contribution in [2.75, 3.05) is 7.11 Å². The van der Waals surface area contributed by atoms with Crippen LogP contribution in [-0.4, -0.2) is 23.1 Å². The quantitative estimate of drug-likeness (QED) is 0.657. The number of nitro groups is 1. The molecule has 1 fully saturated rings. The Balaban J connectivity index is 1.93. The molecule has 0 unspecified atom stereocenters. The fourth-order valence-corrected chi connectivity index (χ4v) is 2.91. The first-order valence-electron chi connectivity index (χ1n) is 7.23. The lowest BCUT2D eigenvalue weighted by Crippen LogP contribution is -2.18. The van der Waals surface area contributed by atoms with Crippen molar-refractivity contribution < 1.29 is 14.5 Å². The second-order valence-electron chi connectivity index (χ2n) is 5.03. The molecule has 0 aromatic heterocycles. The molecule has 1 aliphatic heterocycles. The molecule has 1 aliphatic rings. The molecule has 1 N–H and O–H groups in total. The minimum Gasteiger partial charge on any atom is -0.497 e. The third-order valence-corrected chi connectivity index (χ3v) is 4.17. The number of amides is 1. The third kappa shape index (κ3) is 4.04. The van der Waals surface area contributed by atoms with Gasteiger partial charge < -0.3 is 10.1 Å². The number of carbonyl (C=O) groups is 1. The van der Waals surface area contributed by atoms with Crippen LogP contribution in [0.5, 0.6) is 5.75 Å². The Bertz CT molecular complexity index is 891. The molecule has 0 atom stereocenters. The Labute approximate surface area is 147 Å². The number of aliphatic imine (C=N–C) groups is 1. The summed E-state index contributed by atoms with van der Waals surface area (Å²) in [6.45, 7) is 0. The molecule has 1 saturated heterocycles. The van der Waals surface area contributed by atoms with Crippen molar-refractivity contribution in [3.05, 3.63) is 69.1 Å². The molecule has 1 amide bonds. The highest BCUT2D eigenvalue weighted by Gasteiger charge is 2.23. The lowest BCUT2D eigenvalue weighted by molar-refractivity contribution is -0.384. The standard InChI is InChI=1S/C17H13N3O4S/c1-24-14-7-5-12(6-8-14)18-16-15(25-17(21)19-16)10-11-3-2-4-13(9-11)20(22)23/h2-10H,1H3,(H,18,19,21)/b15-10-. The van der Waals surface area contributed by atoms with E-state index in [2.05, 4.69) is 10.3 Å². The van der Waals surface area contributed by atoms with Crippen molar-refractivity contribution in [3.8, 4) is 5.75 Å². The SMILES string of the molecule is COc1ccc(N=C2NC(=O)S/C2=C\c2cccc([N+](=O)[O-])c2)cc1. The van der Waals surface area contributed by atoms with Crippen molar-refractivity contribution in [3.63, 3.8) is 0 Å². The summed E-state index contributed by atoms with van der Waals surface area (Å²) in [4.78, 5) is 27.2. The van der Waals surface area contributed by atoms with E-state index in [1.54, 1.807) is 49.6 Å². The highest BCUT2D eigenvalue weighted by molar-refractivity contribution is 8.18. The number of amidine groups is 1. The summed E-state index contributed by atoms with van der Waals surface area (Å²) >= 11 is 0.995. The van der Waals surface area contributed by atoms with Gasteiger partial charge in [0, 0.05) is 12.1 Å². The van der Waals surface area contributed by atoms with Crippen molar-refractivity contribution in [1.82, 2.24) is 5.32 Å². The second-order valence-corrected chi connectivity index (χ2v) is 6.05. The van der Waals surface area contributed by atoms with Gasteiger partial charge in [-0.2, -0.15) is 0 Å². The molecule has 8 heteroatoms. The van der Waals surface area contributed by atoms with Crippen molar-refractivity contribution in [2.45, 2.75) is 0 Å². The molecule has 2 aromatic rings. The van der Waals surface area contributed by atoms with E-state index >= 15 is 0 Å². The second kappa shape index (κ2) is 7.18. The number of ether oxygens (including phenoxy) is 1. The van der Waals surface area contributed by atoms with Crippen LogP contribution >= 0.6 is 11.8 Å². The molecule has 25 heavy (non-hydrogen) atoms. The van der Waals surface area contributed by atoms with E-state index in [1.165, 1.54) is 12.1 Å². The van der Waals surface area contributed by atoms with Crippen molar-refractivity contribution in [2.24, 2.45) is 4.99 Å². The maximum Gasteiger partial charge on any atom is 0.289 e. The zero-order valence-electron chi connectivity index (χ0n) is 13.1. The van der Waals surface area contributed by atoms with Gasteiger partial charge in [0.15, 0.2) is 0 Å². The van der Waals surface area contributed by atoms with Crippen LogP contribution in [0.2, 0.25) is 0 Å². The average molecular weight is 355 g/mol. The number of carbonyl (C=O) groups excluding carboxylic acids is 1. The number of nitrogens with one attached hydrogen (secondary N) is 1. The highest BCUT2D eigenvalue weighted by atomic mass is 32.2. The van der Waals surface area contributed by atoms with Gasteiger partial charge >= 0.3 is 0 Å². The third-order valence-electron chi connectivity index (χ3n) is 3.35. The topological polar surface area (TPSA) is 93.8 Å². The zero-order chi connectivity index (χ0) is 17.8. The fourth-order valence-electron chi connectivity index (χ4n) is 2.18. The maximum atomic E-state index is 11.7. The van der Waals surface area contributed by atoms with Gasteiger partial charge in [-0.05, 0) is 47.7 Å². The number of non-ortho nitro benzene ring substituents is 1.